The standard InChI is InChI=1S/C19H26N6O2/c1-12(2)25-18-16(11-22-25)8-14(10-21-18)9-20-17(15-4-6-26-7-5-15)19-23-13(3)24-27-19/h8,10-12,15,17,20H,4-7,9H2,1-3H3. The number of fused-ring (bicyclic) bond motifs is 1. The molecule has 0 spiro atoms. The van der Waals surface area contributed by atoms with Gasteiger partial charge in [-0.2, -0.15) is 10.1 Å². The molecule has 1 fully saturated rings. The Morgan fingerprint density at radius 1 is 1.26 bits per heavy atom. The van der Waals surface area contributed by atoms with Gasteiger partial charge in [0.2, 0.25) is 5.89 Å². The van der Waals surface area contributed by atoms with E-state index in [0.717, 1.165) is 42.7 Å². The summed E-state index contributed by atoms with van der Waals surface area (Å²) in [6, 6.07) is 2.45. The Labute approximate surface area is 158 Å². The molecule has 0 bridgehead atoms. The number of hydrogen-bond acceptors (Lipinski definition) is 7. The molecule has 4 heterocycles. The van der Waals surface area contributed by atoms with Crippen molar-refractivity contribution in [3.8, 4) is 0 Å². The van der Waals surface area contributed by atoms with Crippen LogP contribution in [0.2, 0.25) is 0 Å². The van der Waals surface area contributed by atoms with E-state index < -0.39 is 0 Å². The van der Waals surface area contributed by atoms with Crippen LogP contribution in [-0.4, -0.2) is 38.1 Å². The van der Waals surface area contributed by atoms with Gasteiger partial charge in [-0.15, -0.1) is 0 Å². The summed E-state index contributed by atoms with van der Waals surface area (Å²) in [6.45, 7) is 8.29. The zero-order valence-electron chi connectivity index (χ0n) is 16.1. The second kappa shape index (κ2) is 7.74. The Morgan fingerprint density at radius 3 is 2.78 bits per heavy atom. The Kier molecular flexibility index (Phi) is 5.18. The molecule has 0 aromatic carbocycles. The minimum Gasteiger partial charge on any atom is -0.381 e. The fourth-order valence-corrected chi connectivity index (χ4v) is 3.63. The number of pyridine rings is 1. The minimum absolute atomic E-state index is 0.0178. The predicted molar refractivity (Wildman–Crippen MR) is 100 cm³/mol. The van der Waals surface area contributed by atoms with Gasteiger partial charge in [-0.25, -0.2) is 9.67 Å². The lowest BCUT2D eigenvalue weighted by molar-refractivity contribution is 0.0485. The molecule has 8 heteroatoms. The molecule has 1 aliphatic rings. The topological polar surface area (TPSA) is 90.9 Å². The molecule has 144 valence electrons. The van der Waals surface area contributed by atoms with Crippen LogP contribution in [0.3, 0.4) is 0 Å². The van der Waals surface area contributed by atoms with Gasteiger partial charge in [0.25, 0.3) is 0 Å². The zero-order valence-corrected chi connectivity index (χ0v) is 16.1. The first-order valence-corrected chi connectivity index (χ1v) is 9.55. The maximum atomic E-state index is 5.51. The van der Waals surface area contributed by atoms with Crippen molar-refractivity contribution in [3.05, 3.63) is 35.7 Å². The first-order chi connectivity index (χ1) is 13.1. The van der Waals surface area contributed by atoms with Gasteiger partial charge in [0, 0.05) is 37.4 Å². The summed E-state index contributed by atoms with van der Waals surface area (Å²) in [4.78, 5) is 9.08. The molecular formula is C19H26N6O2. The van der Waals surface area contributed by atoms with Crippen LogP contribution in [0.25, 0.3) is 11.0 Å². The molecule has 4 rings (SSSR count). The predicted octanol–water partition coefficient (Wildman–Crippen LogP) is 2.96. The van der Waals surface area contributed by atoms with Gasteiger partial charge in [0.15, 0.2) is 11.5 Å². The van der Waals surface area contributed by atoms with Crippen LogP contribution in [0, 0.1) is 12.8 Å². The van der Waals surface area contributed by atoms with E-state index in [1.807, 2.05) is 24.0 Å². The molecule has 1 atom stereocenters. The van der Waals surface area contributed by atoms with E-state index >= 15 is 0 Å². The van der Waals surface area contributed by atoms with Crippen molar-refractivity contribution >= 4 is 11.0 Å². The van der Waals surface area contributed by atoms with Gasteiger partial charge in [0.05, 0.1) is 12.2 Å². The van der Waals surface area contributed by atoms with Crippen molar-refractivity contribution in [2.24, 2.45) is 5.92 Å². The SMILES string of the molecule is Cc1noc(C(NCc2cnc3c(cnn3C(C)C)c2)C2CCOCC2)n1. The van der Waals surface area contributed by atoms with Crippen molar-refractivity contribution in [2.75, 3.05) is 13.2 Å². The third kappa shape index (κ3) is 3.86. The molecular weight excluding hydrogens is 344 g/mol. The van der Waals surface area contributed by atoms with Crippen LogP contribution in [-0.2, 0) is 11.3 Å². The largest absolute Gasteiger partial charge is 0.381 e. The van der Waals surface area contributed by atoms with Gasteiger partial charge in [-0.1, -0.05) is 5.16 Å². The number of aromatic nitrogens is 5. The Morgan fingerprint density at radius 2 is 2.07 bits per heavy atom. The van der Waals surface area contributed by atoms with Crippen LogP contribution in [0.4, 0.5) is 0 Å². The van der Waals surface area contributed by atoms with E-state index in [4.69, 9.17) is 9.26 Å². The van der Waals surface area contributed by atoms with Gasteiger partial charge < -0.3 is 14.6 Å². The molecule has 0 amide bonds. The first-order valence-electron chi connectivity index (χ1n) is 9.55. The highest BCUT2D eigenvalue weighted by atomic mass is 16.5. The highest BCUT2D eigenvalue weighted by Crippen LogP contribution is 2.29. The fraction of sp³-hybridized carbons (Fsp3) is 0.579. The van der Waals surface area contributed by atoms with E-state index in [2.05, 4.69) is 45.5 Å². The minimum atomic E-state index is 0.0178. The quantitative estimate of drug-likeness (QED) is 0.713. The summed E-state index contributed by atoms with van der Waals surface area (Å²) in [7, 11) is 0. The lowest BCUT2D eigenvalue weighted by atomic mass is 9.91. The van der Waals surface area contributed by atoms with Crippen LogP contribution < -0.4 is 5.32 Å². The molecule has 3 aromatic heterocycles. The summed E-state index contributed by atoms with van der Waals surface area (Å²) in [6.07, 6.45) is 5.76. The number of rotatable bonds is 6. The number of nitrogens with zero attached hydrogens (tertiary/aromatic N) is 5. The summed E-state index contributed by atoms with van der Waals surface area (Å²) < 4.78 is 12.9. The molecule has 1 N–H and O–H groups in total. The number of hydrogen-bond donors (Lipinski definition) is 1. The Hall–Kier alpha value is -2.32. The normalized spacial score (nSPS) is 17.0. The molecule has 0 saturated carbocycles. The van der Waals surface area contributed by atoms with Gasteiger partial charge in [-0.05, 0) is 51.2 Å². The smallest absolute Gasteiger partial charge is 0.244 e. The third-order valence-electron chi connectivity index (χ3n) is 5.05. The molecule has 0 aliphatic carbocycles. The second-order valence-electron chi connectivity index (χ2n) is 7.43. The molecule has 1 saturated heterocycles. The van der Waals surface area contributed by atoms with Crippen LogP contribution in [0.15, 0.2) is 23.0 Å². The van der Waals surface area contributed by atoms with Gasteiger partial charge in [-0.3, -0.25) is 0 Å². The lowest BCUT2D eigenvalue weighted by Gasteiger charge is -2.28. The first kappa shape index (κ1) is 18.1. The molecule has 1 unspecified atom stereocenters. The van der Waals surface area contributed by atoms with E-state index in [1.165, 1.54) is 0 Å². The van der Waals surface area contributed by atoms with Crippen molar-refractivity contribution in [2.45, 2.75) is 52.2 Å². The average molecular weight is 370 g/mol. The van der Waals surface area contributed by atoms with Crippen LogP contribution >= 0.6 is 0 Å². The third-order valence-corrected chi connectivity index (χ3v) is 5.05. The van der Waals surface area contributed by atoms with Crippen molar-refractivity contribution in [3.63, 3.8) is 0 Å². The average Bonchev–Trinajstić information content (AvgIpc) is 3.29. The molecule has 8 nitrogen and oxygen atoms in total. The van der Waals surface area contributed by atoms with Crippen LogP contribution in [0.5, 0.6) is 0 Å². The maximum absolute atomic E-state index is 5.51. The van der Waals surface area contributed by atoms with E-state index in [-0.39, 0.29) is 12.1 Å². The number of aryl methyl sites for hydroxylation is 1. The van der Waals surface area contributed by atoms with Crippen LogP contribution in [0.1, 0.15) is 56.1 Å². The molecule has 1 aliphatic heterocycles. The number of ether oxygens (including phenoxy) is 1. The maximum Gasteiger partial charge on any atom is 0.244 e. The zero-order chi connectivity index (χ0) is 18.8. The Bertz CT molecular complexity index is 897. The van der Waals surface area contributed by atoms with E-state index in [9.17, 15) is 0 Å². The highest BCUT2D eigenvalue weighted by molar-refractivity contribution is 5.75. The second-order valence-corrected chi connectivity index (χ2v) is 7.43. The summed E-state index contributed by atoms with van der Waals surface area (Å²) >= 11 is 0. The number of nitrogens with one attached hydrogen (secondary N) is 1. The monoisotopic (exact) mass is 370 g/mol. The van der Waals surface area contributed by atoms with E-state index in [1.54, 1.807) is 0 Å². The highest BCUT2D eigenvalue weighted by Gasteiger charge is 2.29. The molecule has 3 aromatic rings. The van der Waals surface area contributed by atoms with Crippen molar-refractivity contribution in [1.82, 2.24) is 30.2 Å². The van der Waals surface area contributed by atoms with Gasteiger partial charge >= 0.3 is 0 Å². The molecule has 27 heavy (non-hydrogen) atoms. The summed E-state index contributed by atoms with van der Waals surface area (Å²) in [5.74, 6) is 1.73. The van der Waals surface area contributed by atoms with E-state index in [0.29, 0.717) is 24.2 Å². The lowest BCUT2D eigenvalue weighted by Crippen LogP contribution is -2.32. The van der Waals surface area contributed by atoms with Crippen molar-refractivity contribution < 1.29 is 9.26 Å². The van der Waals surface area contributed by atoms with Crippen molar-refractivity contribution in [1.29, 1.82) is 0 Å². The van der Waals surface area contributed by atoms with Gasteiger partial charge in [0.1, 0.15) is 0 Å². The summed E-state index contributed by atoms with van der Waals surface area (Å²) in [5.41, 5.74) is 2.03. The fourth-order valence-electron chi connectivity index (χ4n) is 3.63. The molecule has 0 radical (unpaired) electrons. The Balaban J connectivity index is 1.52. The summed E-state index contributed by atoms with van der Waals surface area (Å²) in [5, 5.41) is 13.1.